The molecular formula is C49H35NO. The Morgan fingerprint density at radius 1 is 0.373 bits per heavy atom. The normalized spacial score (nSPS) is 11.2. The Balaban J connectivity index is 1.15. The minimum Gasteiger partial charge on any atom is -0.456 e. The van der Waals surface area contributed by atoms with Gasteiger partial charge >= 0.3 is 0 Å². The zero-order valence-corrected chi connectivity index (χ0v) is 28.3. The second kappa shape index (κ2) is 13.0. The van der Waals surface area contributed by atoms with E-state index >= 15 is 0 Å². The van der Waals surface area contributed by atoms with Crippen LogP contribution in [0.25, 0.3) is 66.4 Å². The van der Waals surface area contributed by atoms with Crippen LogP contribution < -0.4 is 4.90 Å². The van der Waals surface area contributed by atoms with Crippen LogP contribution in [0.2, 0.25) is 0 Å². The second-order valence-electron chi connectivity index (χ2n) is 13.0. The van der Waals surface area contributed by atoms with Crippen LogP contribution in [0.4, 0.5) is 17.1 Å². The maximum absolute atomic E-state index is 6.42. The van der Waals surface area contributed by atoms with Gasteiger partial charge < -0.3 is 9.32 Å². The molecule has 2 nitrogen and oxygen atoms in total. The fourth-order valence-corrected chi connectivity index (χ4v) is 7.35. The molecule has 8 aromatic carbocycles. The van der Waals surface area contributed by atoms with Gasteiger partial charge in [0.25, 0.3) is 0 Å². The van der Waals surface area contributed by atoms with Gasteiger partial charge in [0.2, 0.25) is 0 Å². The van der Waals surface area contributed by atoms with Crippen LogP contribution >= 0.6 is 0 Å². The molecule has 0 saturated carbocycles. The van der Waals surface area contributed by atoms with Crippen molar-refractivity contribution in [3.8, 4) is 44.7 Å². The van der Waals surface area contributed by atoms with Gasteiger partial charge in [-0.2, -0.15) is 0 Å². The highest BCUT2D eigenvalue weighted by molar-refractivity contribution is 5.94. The van der Waals surface area contributed by atoms with Crippen LogP contribution in [-0.2, 0) is 0 Å². The largest absolute Gasteiger partial charge is 0.456 e. The number of para-hydroxylation sites is 1. The lowest BCUT2D eigenvalue weighted by molar-refractivity contribution is 0.629. The molecule has 9 aromatic rings. The SMILES string of the molecule is Cc1c(-c2cccc(N(c3ccc(-c4ccccc4-c4ccccc4-c4ccccc4)cc3)c3ccc4ccccc4c3)c2)oc2ccccc12. The lowest BCUT2D eigenvalue weighted by Gasteiger charge is -2.26. The summed E-state index contributed by atoms with van der Waals surface area (Å²) >= 11 is 0. The van der Waals surface area contributed by atoms with E-state index in [4.69, 9.17) is 4.42 Å². The molecule has 2 heteroatoms. The lowest BCUT2D eigenvalue weighted by atomic mass is 9.89. The molecule has 9 rings (SSSR count). The van der Waals surface area contributed by atoms with Gasteiger partial charge in [-0.25, -0.2) is 0 Å². The minimum atomic E-state index is 0.902. The molecule has 0 aliphatic rings. The predicted octanol–water partition coefficient (Wildman–Crippen LogP) is 14.0. The molecule has 242 valence electrons. The van der Waals surface area contributed by atoms with Gasteiger partial charge in [0.05, 0.1) is 0 Å². The highest BCUT2D eigenvalue weighted by Gasteiger charge is 2.18. The molecule has 0 saturated heterocycles. The van der Waals surface area contributed by atoms with Crippen molar-refractivity contribution < 1.29 is 4.42 Å². The van der Waals surface area contributed by atoms with Crippen molar-refractivity contribution in [2.45, 2.75) is 6.92 Å². The van der Waals surface area contributed by atoms with Gasteiger partial charge in [0, 0.05) is 33.6 Å². The van der Waals surface area contributed by atoms with E-state index in [0.717, 1.165) is 44.9 Å². The molecule has 0 N–H and O–H groups in total. The summed E-state index contributed by atoms with van der Waals surface area (Å²) in [5, 5.41) is 3.56. The van der Waals surface area contributed by atoms with E-state index in [1.54, 1.807) is 0 Å². The Bertz CT molecular complexity index is 2650. The van der Waals surface area contributed by atoms with Crippen LogP contribution in [-0.4, -0.2) is 0 Å². The first-order chi connectivity index (χ1) is 25.2. The van der Waals surface area contributed by atoms with E-state index in [1.807, 2.05) is 12.1 Å². The second-order valence-corrected chi connectivity index (χ2v) is 13.0. The summed E-state index contributed by atoms with van der Waals surface area (Å²) < 4.78 is 6.42. The zero-order valence-electron chi connectivity index (χ0n) is 28.3. The number of hydrogen-bond donors (Lipinski definition) is 0. The summed E-state index contributed by atoms with van der Waals surface area (Å²) in [6.07, 6.45) is 0. The summed E-state index contributed by atoms with van der Waals surface area (Å²) in [6.45, 7) is 2.14. The Hall–Kier alpha value is -6.64. The third kappa shape index (κ3) is 5.67. The van der Waals surface area contributed by atoms with Crippen molar-refractivity contribution >= 4 is 38.8 Å². The number of anilines is 3. The van der Waals surface area contributed by atoms with Gasteiger partial charge in [-0.15, -0.1) is 0 Å². The first kappa shape index (κ1) is 30.4. The fraction of sp³-hybridized carbons (Fsp3) is 0.0204. The standard InChI is InChI=1S/C49H35NO/c1-34-43-20-11-12-25-48(43)51-49(34)39-18-13-19-41(33-39)50(42-31-26-35-14-5-6-17-38(35)32-42)40-29-27-37(28-30-40)45-22-8-10-24-47(45)46-23-9-7-21-44(46)36-15-3-2-4-16-36/h2-33H,1H3. The molecule has 0 atom stereocenters. The van der Waals surface area contributed by atoms with E-state index in [0.29, 0.717) is 0 Å². The van der Waals surface area contributed by atoms with Crippen LogP contribution in [0.15, 0.2) is 199 Å². The van der Waals surface area contributed by atoms with E-state index in [9.17, 15) is 0 Å². The lowest BCUT2D eigenvalue weighted by Crippen LogP contribution is -2.10. The van der Waals surface area contributed by atoms with Crippen LogP contribution in [0.5, 0.6) is 0 Å². The zero-order chi connectivity index (χ0) is 34.1. The van der Waals surface area contributed by atoms with Crippen LogP contribution in [0.3, 0.4) is 0 Å². The van der Waals surface area contributed by atoms with E-state index in [2.05, 4.69) is 194 Å². The fourth-order valence-electron chi connectivity index (χ4n) is 7.35. The molecule has 0 fully saturated rings. The van der Waals surface area contributed by atoms with Crippen molar-refractivity contribution in [3.63, 3.8) is 0 Å². The summed E-state index contributed by atoms with van der Waals surface area (Å²) in [5.41, 5.74) is 13.6. The Labute approximate surface area is 298 Å². The third-order valence-corrected chi connectivity index (χ3v) is 9.87. The molecule has 1 heterocycles. The third-order valence-electron chi connectivity index (χ3n) is 9.87. The first-order valence-corrected chi connectivity index (χ1v) is 17.4. The monoisotopic (exact) mass is 653 g/mol. The number of benzene rings is 8. The molecule has 0 aliphatic heterocycles. The van der Waals surface area contributed by atoms with E-state index in [-0.39, 0.29) is 0 Å². The maximum Gasteiger partial charge on any atom is 0.138 e. The van der Waals surface area contributed by atoms with Crippen molar-refractivity contribution in [2.24, 2.45) is 0 Å². The van der Waals surface area contributed by atoms with Gasteiger partial charge in [-0.3, -0.25) is 0 Å². The summed E-state index contributed by atoms with van der Waals surface area (Å²) in [7, 11) is 0. The van der Waals surface area contributed by atoms with Crippen LogP contribution in [0.1, 0.15) is 5.56 Å². The van der Waals surface area contributed by atoms with Gasteiger partial charge in [-0.1, -0.05) is 152 Å². The number of rotatable bonds is 7. The summed E-state index contributed by atoms with van der Waals surface area (Å²) in [4.78, 5) is 2.34. The smallest absolute Gasteiger partial charge is 0.138 e. The molecule has 0 amide bonds. The molecule has 0 aliphatic carbocycles. The number of aryl methyl sites for hydroxylation is 1. The first-order valence-electron chi connectivity index (χ1n) is 17.4. The topological polar surface area (TPSA) is 16.4 Å². The van der Waals surface area contributed by atoms with Crippen molar-refractivity contribution in [3.05, 3.63) is 200 Å². The summed E-state index contributed by atoms with van der Waals surface area (Å²) in [6, 6.07) is 69.2. The highest BCUT2D eigenvalue weighted by atomic mass is 16.3. The number of nitrogens with zero attached hydrogens (tertiary/aromatic N) is 1. The van der Waals surface area contributed by atoms with Gasteiger partial charge in [-0.05, 0) is 93.5 Å². The van der Waals surface area contributed by atoms with E-state index < -0.39 is 0 Å². The van der Waals surface area contributed by atoms with Gasteiger partial charge in [0.1, 0.15) is 11.3 Å². The number of fused-ring (bicyclic) bond motifs is 2. The average molecular weight is 654 g/mol. The predicted molar refractivity (Wildman–Crippen MR) is 215 cm³/mol. The molecule has 51 heavy (non-hydrogen) atoms. The Morgan fingerprint density at radius 3 is 1.65 bits per heavy atom. The van der Waals surface area contributed by atoms with Crippen molar-refractivity contribution in [1.82, 2.24) is 0 Å². The molecule has 0 spiro atoms. The van der Waals surface area contributed by atoms with Crippen molar-refractivity contribution in [1.29, 1.82) is 0 Å². The number of hydrogen-bond acceptors (Lipinski definition) is 2. The number of furan rings is 1. The quantitative estimate of drug-likeness (QED) is 0.170. The highest BCUT2D eigenvalue weighted by Crippen LogP contribution is 2.42. The summed E-state index contributed by atoms with van der Waals surface area (Å²) in [5.74, 6) is 0.902. The van der Waals surface area contributed by atoms with Crippen LogP contribution in [0, 0.1) is 6.92 Å². The maximum atomic E-state index is 6.42. The minimum absolute atomic E-state index is 0.902. The molecule has 0 radical (unpaired) electrons. The van der Waals surface area contributed by atoms with Gasteiger partial charge in [0.15, 0.2) is 0 Å². The average Bonchev–Trinajstić information content (AvgIpc) is 3.55. The Morgan fingerprint density at radius 2 is 0.922 bits per heavy atom. The Kier molecular flexibility index (Phi) is 7.75. The molecule has 1 aromatic heterocycles. The molecule has 0 bridgehead atoms. The van der Waals surface area contributed by atoms with Crippen molar-refractivity contribution in [2.75, 3.05) is 4.90 Å². The molecule has 0 unspecified atom stereocenters. The van der Waals surface area contributed by atoms with E-state index in [1.165, 1.54) is 44.2 Å². The molecular weight excluding hydrogens is 619 g/mol.